The van der Waals surface area contributed by atoms with Crippen LogP contribution in [0.3, 0.4) is 0 Å². The molecule has 0 spiro atoms. The Labute approximate surface area is 151 Å². The highest BCUT2D eigenvalue weighted by Gasteiger charge is 2.04. The van der Waals surface area contributed by atoms with Crippen molar-refractivity contribution < 1.29 is 9.21 Å². The van der Waals surface area contributed by atoms with Crippen molar-refractivity contribution in [3.8, 4) is 11.3 Å². The average molecular weight is 391 g/mol. The normalized spacial score (nSPS) is 11.1. The summed E-state index contributed by atoms with van der Waals surface area (Å²) in [5.41, 5.74) is 3.54. The Morgan fingerprint density at radius 3 is 2.62 bits per heavy atom. The van der Waals surface area contributed by atoms with E-state index in [0.717, 1.165) is 28.6 Å². The van der Waals surface area contributed by atoms with Crippen LogP contribution >= 0.6 is 15.9 Å². The molecule has 0 aliphatic heterocycles. The first-order valence-electron chi connectivity index (χ1n) is 8.36. The van der Waals surface area contributed by atoms with E-state index in [0.29, 0.717) is 12.2 Å². The molecular formula is C19H23BrN2O2. The Hall–Kier alpha value is -1.88. The van der Waals surface area contributed by atoms with Crippen molar-refractivity contribution in [2.75, 3.05) is 0 Å². The molecule has 5 heteroatoms. The van der Waals surface area contributed by atoms with Crippen LogP contribution in [0, 0.1) is 0 Å². The second kappa shape index (κ2) is 10.1. The maximum Gasteiger partial charge on any atom is 0.240 e. The van der Waals surface area contributed by atoms with Crippen LogP contribution < -0.4 is 5.43 Å². The SMILES string of the molecule is CCCCCCCC(=O)N/N=C\c1ccc(-c2ccc(Br)cc2)o1. The number of nitrogens with zero attached hydrogens (tertiary/aromatic N) is 1. The van der Waals surface area contributed by atoms with Crippen LogP contribution in [0.1, 0.15) is 51.2 Å². The largest absolute Gasteiger partial charge is 0.455 e. The highest BCUT2D eigenvalue weighted by Crippen LogP contribution is 2.23. The Balaban J connectivity index is 1.76. The maximum atomic E-state index is 11.7. The molecule has 0 atom stereocenters. The molecule has 0 aliphatic rings. The van der Waals surface area contributed by atoms with Gasteiger partial charge in [-0.25, -0.2) is 5.43 Å². The topological polar surface area (TPSA) is 54.6 Å². The van der Waals surface area contributed by atoms with E-state index in [1.807, 2.05) is 36.4 Å². The van der Waals surface area contributed by atoms with Gasteiger partial charge < -0.3 is 4.42 Å². The minimum Gasteiger partial charge on any atom is -0.455 e. The number of nitrogens with one attached hydrogen (secondary N) is 1. The highest BCUT2D eigenvalue weighted by atomic mass is 79.9. The van der Waals surface area contributed by atoms with Crippen LogP contribution in [0.2, 0.25) is 0 Å². The molecule has 1 amide bonds. The molecule has 0 aliphatic carbocycles. The molecule has 4 nitrogen and oxygen atoms in total. The van der Waals surface area contributed by atoms with Gasteiger partial charge in [0.1, 0.15) is 11.5 Å². The second-order valence-electron chi connectivity index (χ2n) is 5.67. The van der Waals surface area contributed by atoms with Crippen molar-refractivity contribution in [2.24, 2.45) is 5.10 Å². The summed E-state index contributed by atoms with van der Waals surface area (Å²) in [6, 6.07) is 11.6. The molecule has 1 aromatic carbocycles. The third kappa shape index (κ3) is 6.32. The molecule has 1 aromatic heterocycles. The van der Waals surface area contributed by atoms with Gasteiger partial charge >= 0.3 is 0 Å². The quantitative estimate of drug-likeness (QED) is 0.348. The molecule has 24 heavy (non-hydrogen) atoms. The molecule has 2 rings (SSSR count). The van der Waals surface area contributed by atoms with Gasteiger partial charge in [-0.2, -0.15) is 5.10 Å². The molecular weight excluding hydrogens is 368 g/mol. The Morgan fingerprint density at radius 2 is 1.88 bits per heavy atom. The van der Waals surface area contributed by atoms with Crippen LogP contribution in [0.5, 0.6) is 0 Å². The Morgan fingerprint density at radius 1 is 1.12 bits per heavy atom. The molecule has 1 heterocycles. The Kier molecular flexibility index (Phi) is 7.75. The van der Waals surface area contributed by atoms with E-state index >= 15 is 0 Å². The number of carbonyl (C=O) groups excluding carboxylic acids is 1. The number of benzene rings is 1. The molecule has 0 fully saturated rings. The monoisotopic (exact) mass is 390 g/mol. The molecule has 2 aromatic rings. The molecule has 0 saturated heterocycles. The molecule has 0 saturated carbocycles. The average Bonchev–Trinajstić information content (AvgIpc) is 3.04. The third-order valence-electron chi connectivity index (χ3n) is 3.64. The highest BCUT2D eigenvalue weighted by molar-refractivity contribution is 9.10. The van der Waals surface area contributed by atoms with Gasteiger partial charge in [0.15, 0.2) is 0 Å². The van der Waals surface area contributed by atoms with Crippen LogP contribution in [-0.2, 0) is 4.79 Å². The first-order chi connectivity index (χ1) is 11.7. The van der Waals surface area contributed by atoms with E-state index in [-0.39, 0.29) is 5.91 Å². The van der Waals surface area contributed by atoms with Crippen LogP contribution in [0.4, 0.5) is 0 Å². The summed E-state index contributed by atoms with van der Waals surface area (Å²) in [4.78, 5) is 11.7. The van der Waals surface area contributed by atoms with E-state index in [1.165, 1.54) is 25.5 Å². The number of hydrogen-bond donors (Lipinski definition) is 1. The number of amides is 1. The zero-order valence-corrected chi connectivity index (χ0v) is 15.5. The lowest BCUT2D eigenvalue weighted by Gasteiger charge is -1.99. The Bertz CT molecular complexity index is 662. The molecule has 0 bridgehead atoms. The number of furan rings is 1. The van der Waals surface area contributed by atoms with Gasteiger partial charge in [0.05, 0.1) is 6.21 Å². The van der Waals surface area contributed by atoms with Crippen LogP contribution in [0.15, 0.2) is 50.4 Å². The van der Waals surface area contributed by atoms with Crippen molar-refractivity contribution in [3.05, 3.63) is 46.6 Å². The lowest BCUT2D eigenvalue weighted by Crippen LogP contribution is -2.16. The fraction of sp³-hybridized carbons (Fsp3) is 0.368. The lowest BCUT2D eigenvalue weighted by atomic mass is 10.1. The fourth-order valence-corrected chi connectivity index (χ4v) is 2.57. The smallest absolute Gasteiger partial charge is 0.240 e. The van der Waals surface area contributed by atoms with Crippen LogP contribution in [0.25, 0.3) is 11.3 Å². The summed E-state index contributed by atoms with van der Waals surface area (Å²) in [6.45, 7) is 2.18. The minimum atomic E-state index is -0.0533. The van der Waals surface area contributed by atoms with Gasteiger partial charge in [0, 0.05) is 16.5 Å². The van der Waals surface area contributed by atoms with Gasteiger partial charge in [-0.05, 0) is 30.7 Å². The number of carbonyl (C=O) groups is 1. The lowest BCUT2D eigenvalue weighted by molar-refractivity contribution is -0.121. The van der Waals surface area contributed by atoms with Gasteiger partial charge in [0.25, 0.3) is 0 Å². The molecule has 0 radical (unpaired) electrons. The zero-order chi connectivity index (χ0) is 17.2. The summed E-state index contributed by atoms with van der Waals surface area (Å²) in [6.07, 6.45) is 7.69. The van der Waals surface area contributed by atoms with Gasteiger partial charge in [0.2, 0.25) is 5.91 Å². The summed E-state index contributed by atoms with van der Waals surface area (Å²) < 4.78 is 6.73. The summed E-state index contributed by atoms with van der Waals surface area (Å²) in [5.74, 6) is 1.32. The number of rotatable bonds is 9. The first kappa shape index (κ1) is 18.5. The molecule has 0 unspecified atom stereocenters. The van der Waals surface area contributed by atoms with Crippen molar-refractivity contribution in [1.29, 1.82) is 0 Å². The van der Waals surface area contributed by atoms with E-state index in [2.05, 4.69) is 33.4 Å². The van der Waals surface area contributed by atoms with Crippen molar-refractivity contribution in [3.63, 3.8) is 0 Å². The van der Waals surface area contributed by atoms with E-state index in [9.17, 15) is 4.79 Å². The van der Waals surface area contributed by atoms with Gasteiger partial charge in [-0.1, -0.05) is 60.7 Å². The number of halogens is 1. The summed E-state index contributed by atoms with van der Waals surface area (Å²) in [5, 5.41) is 3.95. The van der Waals surface area contributed by atoms with Crippen LogP contribution in [-0.4, -0.2) is 12.1 Å². The second-order valence-corrected chi connectivity index (χ2v) is 6.58. The van der Waals surface area contributed by atoms with E-state index < -0.39 is 0 Å². The van der Waals surface area contributed by atoms with Gasteiger partial charge in [-0.15, -0.1) is 0 Å². The summed E-state index contributed by atoms with van der Waals surface area (Å²) >= 11 is 3.41. The van der Waals surface area contributed by atoms with E-state index in [4.69, 9.17) is 4.42 Å². The van der Waals surface area contributed by atoms with Crippen molar-refractivity contribution in [2.45, 2.75) is 45.4 Å². The third-order valence-corrected chi connectivity index (χ3v) is 4.17. The number of hydrazone groups is 1. The first-order valence-corrected chi connectivity index (χ1v) is 9.16. The van der Waals surface area contributed by atoms with Crippen molar-refractivity contribution >= 4 is 28.1 Å². The fourth-order valence-electron chi connectivity index (χ4n) is 2.30. The minimum absolute atomic E-state index is 0.0533. The maximum absolute atomic E-state index is 11.7. The van der Waals surface area contributed by atoms with E-state index in [1.54, 1.807) is 0 Å². The number of unbranched alkanes of at least 4 members (excludes halogenated alkanes) is 4. The standard InChI is InChI=1S/C19H23BrN2O2/c1-2-3-4-5-6-7-19(23)22-21-14-17-12-13-18(24-17)15-8-10-16(20)11-9-15/h8-14H,2-7H2,1H3,(H,22,23)/b21-14-. The number of hydrogen-bond acceptors (Lipinski definition) is 3. The zero-order valence-electron chi connectivity index (χ0n) is 13.9. The molecule has 128 valence electrons. The summed E-state index contributed by atoms with van der Waals surface area (Å²) in [7, 11) is 0. The molecule has 1 N–H and O–H groups in total. The van der Waals surface area contributed by atoms with Gasteiger partial charge in [-0.3, -0.25) is 4.79 Å². The predicted molar refractivity (Wildman–Crippen MR) is 101 cm³/mol. The van der Waals surface area contributed by atoms with Crippen molar-refractivity contribution in [1.82, 2.24) is 5.43 Å². The predicted octanol–water partition coefficient (Wildman–Crippen LogP) is 5.52.